The molecule has 2 atom stereocenters. The maximum absolute atomic E-state index is 12.4. The van der Waals surface area contributed by atoms with Crippen molar-refractivity contribution in [3.63, 3.8) is 0 Å². The summed E-state index contributed by atoms with van der Waals surface area (Å²) in [6.07, 6.45) is 0.875. The van der Waals surface area contributed by atoms with E-state index in [1.165, 1.54) is 0 Å². The Morgan fingerprint density at radius 3 is 2.64 bits per heavy atom. The van der Waals surface area contributed by atoms with Crippen LogP contribution in [-0.2, 0) is 16.0 Å². The van der Waals surface area contributed by atoms with E-state index >= 15 is 0 Å². The lowest BCUT2D eigenvalue weighted by atomic mass is 9.54. The first-order valence-corrected chi connectivity index (χ1v) is 7.72. The lowest BCUT2D eigenvalue weighted by Gasteiger charge is -2.60. The fraction of sp³-hybridized carbons (Fsp3) is 0.750. The maximum Gasteiger partial charge on any atom is 0.225 e. The molecule has 0 radical (unpaired) electrons. The fourth-order valence-corrected chi connectivity index (χ4v) is 3.23. The molecule has 2 N–H and O–H groups in total. The van der Waals surface area contributed by atoms with Gasteiger partial charge >= 0.3 is 0 Å². The molecule has 6 heteroatoms. The van der Waals surface area contributed by atoms with E-state index in [1.54, 1.807) is 6.92 Å². The number of rotatable bonds is 6. The van der Waals surface area contributed by atoms with Crippen molar-refractivity contribution in [2.45, 2.75) is 59.1 Å². The van der Waals surface area contributed by atoms with Crippen LogP contribution in [0.25, 0.3) is 0 Å². The SMILES string of the molecule is CCO[C@H]1C[C@](CO)(NC(=O)Cc2c(C)noc2C)C1(C)C. The van der Waals surface area contributed by atoms with Crippen molar-refractivity contribution in [2.75, 3.05) is 13.2 Å². The number of nitrogens with zero attached hydrogens (tertiary/aromatic N) is 1. The standard InChI is InChI=1S/C16H26N2O4/c1-6-21-13-8-16(9-19,15(13,4)5)17-14(20)7-12-10(2)18-22-11(12)3/h13,19H,6-9H2,1-5H3,(H,17,20)/t13-,16+/m0/s1. The van der Waals surface area contributed by atoms with Gasteiger partial charge in [-0.3, -0.25) is 4.79 Å². The van der Waals surface area contributed by atoms with Crippen molar-refractivity contribution in [1.29, 1.82) is 0 Å². The summed E-state index contributed by atoms with van der Waals surface area (Å²) in [6.45, 7) is 10.1. The summed E-state index contributed by atoms with van der Waals surface area (Å²) in [5.74, 6) is 0.525. The summed E-state index contributed by atoms with van der Waals surface area (Å²) in [6, 6.07) is 0. The molecule has 0 aliphatic heterocycles. The first kappa shape index (κ1) is 17.0. The number of carbonyl (C=O) groups is 1. The van der Waals surface area contributed by atoms with Crippen LogP contribution in [0, 0.1) is 19.3 Å². The van der Waals surface area contributed by atoms with Gasteiger partial charge in [0.2, 0.25) is 5.91 Å². The smallest absolute Gasteiger partial charge is 0.225 e. The van der Waals surface area contributed by atoms with E-state index in [-0.39, 0.29) is 30.5 Å². The topological polar surface area (TPSA) is 84.6 Å². The molecule has 1 amide bonds. The highest BCUT2D eigenvalue weighted by atomic mass is 16.5. The number of aliphatic hydroxyl groups excluding tert-OH is 1. The number of hydrogen-bond acceptors (Lipinski definition) is 5. The molecule has 1 aliphatic rings. The van der Waals surface area contributed by atoms with E-state index in [0.29, 0.717) is 18.8 Å². The minimum atomic E-state index is -0.636. The van der Waals surface area contributed by atoms with Crippen LogP contribution in [0.5, 0.6) is 0 Å². The van der Waals surface area contributed by atoms with Gasteiger partial charge < -0.3 is 19.7 Å². The number of aromatic nitrogens is 1. The molecule has 1 aromatic heterocycles. The second kappa shape index (κ2) is 6.01. The van der Waals surface area contributed by atoms with Crippen molar-refractivity contribution in [2.24, 2.45) is 5.41 Å². The van der Waals surface area contributed by atoms with Crippen LogP contribution in [0.15, 0.2) is 4.52 Å². The summed E-state index contributed by atoms with van der Waals surface area (Å²) >= 11 is 0. The first-order valence-electron chi connectivity index (χ1n) is 7.72. The first-order chi connectivity index (χ1) is 10.3. The van der Waals surface area contributed by atoms with Crippen LogP contribution in [0.3, 0.4) is 0 Å². The van der Waals surface area contributed by atoms with Gasteiger partial charge in [0.05, 0.1) is 30.4 Å². The number of carbonyl (C=O) groups excluding carboxylic acids is 1. The van der Waals surface area contributed by atoms with Gasteiger partial charge in [-0.25, -0.2) is 0 Å². The Balaban J connectivity index is 2.07. The second-order valence-corrected chi connectivity index (χ2v) is 6.64. The highest BCUT2D eigenvalue weighted by molar-refractivity contribution is 5.80. The number of nitrogens with one attached hydrogen (secondary N) is 1. The summed E-state index contributed by atoms with van der Waals surface area (Å²) in [7, 11) is 0. The zero-order valence-corrected chi connectivity index (χ0v) is 14.0. The number of aryl methyl sites for hydroxylation is 2. The van der Waals surface area contributed by atoms with Gasteiger partial charge in [-0.2, -0.15) is 0 Å². The van der Waals surface area contributed by atoms with Crippen molar-refractivity contribution in [3.05, 3.63) is 17.0 Å². The number of ether oxygens (including phenoxy) is 1. The van der Waals surface area contributed by atoms with Gasteiger partial charge in [-0.1, -0.05) is 19.0 Å². The summed E-state index contributed by atoms with van der Waals surface area (Å²) in [5.41, 5.74) is 0.588. The molecule has 0 bridgehead atoms. The number of aliphatic hydroxyl groups is 1. The Kier molecular flexibility index (Phi) is 4.63. The number of hydrogen-bond donors (Lipinski definition) is 2. The van der Waals surface area contributed by atoms with Crippen LogP contribution in [0.2, 0.25) is 0 Å². The quantitative estimate of drug-likeness (QED) is 0.832. The molecule has 0 spiro atoms. The predicted octanol–water partition coefficient (Wildman–Crippen LogP) is 1.52. The molecule has 124 valence electrons. The van der Waals surface area contributed by atoms with Crippen molar-refractivity contribution < 1.29 is 19.2 Å². The molecule has 1 aromatic rings. The summed E-state index contributed by atoms with van der Waals surface area (Å²) in [5, 5.41) is 16.7. The Morgan fingerprint density at radius 2 is 2.18 bits per heavy atom. The van der Waals surface area contributed by atoms with Crippen LogP contribution in [0.4, 0.5) is 0 Å². The lowest BCUT2D eigenvalue weighted by Crippen LogP contribution is -2.74. The number of amides is 1. The third kappa shape index (κ3) is 2.65. The minimum Gasteiger partial charge on any atom is -0.394 e. The van der Waals surface area contributed by atoms with Crippen molar-refractivity contribution in [3.8, 4) is 0 Å². The Hall–Kier alpha value is -1.40. The molecule has 0 unspecified atom stereocenters. The van der Waals surface area contributed by atoms with E-state index in [9.17, 15) is 9.90 Å². The molecule has 6 nitrogen and oxygen atoms in total. The molecule has 1 saturated carbocycles. The molecule has 0 saturated heterocycles. The fourth-order valence-electron chi connectivity index (χ4n) is 3.23. The van der Waals surface area contributed by atoms with E-state index in [2.05, 4.69) is 10.5 Å². The third-order valence-electron chi connectivity index (χ3n) is 5.11. The third-order valence-corrected chi connectivity index (χ3v) is 5.11. The lowest BCUT2D eigenvalue weighted by molar-refractivity contribution is -0.180. The van der Waals surface area contributed by atoms with Crippen molar-refractivity contribution >= 4 is 5.91 Å². The van der Waals surface area contributed by atoms with E-state index in [0.717, 1.165) is 11.3 Å². The molecule has 1 aliphatic carbocycles. The Labute approximate surface area is 131 Å². The zero-order valence-electron chi connectivity index (χ0n) is 14.0. The van der Waals surface area contributed by atoms with Gasteiger partial charge in [-0.05, 0) is 20.8 Å². The van der Waals surface area contributed by atoms with Gasteiger partial charge in [0, 0.05) is 24.0 Å². The molecular formula is C16H26N2O4. The van der Waals surface area contributed by atoms with Crippen LogP contribution in [0.1, 0.15) is 44.2 Å². The summed E-state index contributed by atoms with van der Waals surface area (Å²) < 4.78 is 10.8. The largest absolute Gasteiger partial charge is 0.394 e. The maximum atomic E-state index is 12.4. The molecule has 2 rings (SSSR count). The molecule has 0 aromatic carbocycles. The average molecular weight is 310 g/mol. The normalized spacial score (nSPS) is 26.5. The molecule has 1 heterocycles. The van der Waals surface area contributed by atoms with Gasteiger partial charge in [-0.15, -0.1) is 0 Å². The average Bonchev–Trinajstić information content (AvgIpc) is 2.77. The van der Waals surface area contributed by atoms with E-state index < -0.39 is 5.54 Å². The van der Waals surface area contributed by atoms with Gasteiger partial charge in [0.25, 0.3) is 0 Å². The van der Waals surface area contributed by atoms with Crippen molar-refractivity contribution in [1.82, 2.24) is 10.5 Å². The predicted molar refractivity (Wildman–Crippen MR) is 81.5 cm³/mol. The van der Waals surface area contributed by atoms with Crippen LogP contribution in [-0.4, -0.2) is 41.0 Å². The van der Waals surface area contributed by atoms with Crippen LogP contribution < -0.4 is 5.32 Å². The summed E-state index contributed by atoms with van der Waals surface area (Å²) in [4.78, 5) is 12.4. The highest BCUT2D eigenvalue weighted by Crippen LogP contribution is 2.51. The van der Waals surface area contributed by atoms with Crippen LogP contribution >= 0.6 is 0 Å². The zero-order chi connectivity index (χ0) is 16.5. The molecular weight excluding hydrogens is 284 g/mol. The highest BCUT2D eigenvalue weighted by Gasteiger charge is 2.61. The van der Waals surface area contributed by atoms with E-state index in [1.807, 2.05) is 27.7 Å². The van der Waals surface area contributed by atoms with Gasteiger partial charge in [0.1, 0.15) is 5.76 Å². The Bertz CT molecular complexity index is 533. The molecule has 22 heavy (non-hydrogen) atoms. The monoisotopic (exact) mass is 310 g/mol. The second-order valence-electron chi connectivity index (χ2n) is 6.64. The minimum absolute atomic E-state index is 0.0454. The van der Waals surface area contributed by atoms with E-state index in [4.69, 9.17) is 9.26 Å². The van der Waals surface area contributed by atoms with Gasteiger partial charge in [0.15, 0.2) is 0 Å². The molecule has 1 fully saturated rings. The Morgan fingerprint density at radius 1 is 1.50 bits per heavy atom.